The summed E-state index contributed by atoms with van der Waals surface area (Å²) in [6, 6.07) is 14.0. The van der Waals surface area contributed by atoms with Crippen molar-refractivity contribution < 1.29 is 4.74 Å². The summed E-state index contributed by atoms with van der Waals surface area (Å²) in [4.78, 5) is 7.40. The van der Waals surface area contributed by atoms with Gasteiger partial charge < -0.3 is 32.2 Å². The van der Waals surface area contributed by atoms with Crippen LogP contribution in [0.15, 0.2) is 54.9 Å². The van der Waals surface area contributed by atoms with E-state index >= 15 is 0 Å². The number of para-hydroxylation sites is 1. The van der Waals surface area contributed by atoms with Gasteiger partial charge in [0.2, 0.25) is 0 Å². The molecule has 0 aliphatic carbocycles. The molecule has 7 nitrogen and oxygen atoms in total. The van der Waals surface area contributed by atoms with Crippen LogP contribution in [0.25, 0.3) is 22.0 Å². The predicted molar refractivity (Wildman–Crippen MR) is 122 cm³/mol. The first-order valence-corrected chi connectivity index (χ1v) is 9.77. The van der Waals surface area contributed by atoms with Crippen molar-refractivity contribution in [2.24, 2.45) is 5.73 Å². The molecular weight excluding hydrogens is 376 g/mol. The Morgan fingerprint density at radius 3 is 2.60 bits per heavy atom. The summed E-state index contributed by atoms with van der Waals surface area (Å²) < 4.78 is 5.43. The molecule has 0 aliphatic heterocycles. The zero-order valence-electron chi connectivity index (χ0n) is 16.9. The number of nitrogens with zero attached hydrogens (tertiary/aromatic N) is 1. The van der Waals surface area contributed by atoms with Crippen LogP contribution in [0.5, 0.6) is 5.75 Å². The lowest BCUT2D eigenvalue weighted by molar-refractivity contribution is 0.407. The van der Waals surface area contributed by atoms with Crippen LogP contribution in [0.2, 0.25) is 0 Å². The van der Waals surface area contributed by atoms with E-state index in [4.69, 9.17) is 21.9 Å². The summed E-state index contributed by atoms with van der Waals surface area (Å²) in [6.45, 7) is 1.64. The highest BCUT2D eigenvalue weighted by atomic mass is 16.5. The largest absolute Gasteiger partial charge is 0.496 e. The number of nitrogen functional groups attached to an aromatic ring is 2. The van der Waals surface area contributed by atoms with Crippen molar-refractivity contribution in [3.05, 3.63) is 71.5 Å². The molecule has 4 aromatic rings. The Morgan fingerprint density at radius 1 is 1.03 bits per heavy atom. The van der Waals surface area contributed by atoms with Gasteiger partial charge in [0, 0.05) is 48.0 Å². The van der Waals surface area contributed by atoms with Crippen LogP contribution >= 0.6 is 0 Å². The molecule has 2 heterocycles. The Hall–Kier alpha value is -3.55. The first-order valence-electron chi connectivity index (χ1n) is 9.77. The molecule has 30 heavy (non-hydrogen) atoms. The van der Waals surface area contributed by atoms with Gasteiger partial charge in [-0.3, -0.25) is 0 Å². The highest BCUT2D eigenvalue weighted by Gasteiger charge is 2.13. The van der Waals surface area contributed by atoms with E-state index in [1.807, 2.05) is 42.6 Å². The summed E-state index contributed by atoms with van der Waals surface area (Å²) in [5, 5.41) is 4.48. The number of pyridine rings is 1. The predicted octanol–water partition coefficient (Wildman–Crippen LogP) is 3.15. The van der Waals surface area contributed by atoms with E-state index in [9.17, 15) is 0 Å². The lowest BCUT2D eigenvalue weighted by Gasteiger charge is -2.15. The SMILES string of the molecule is COc1ccccc1CNCc1cc(-c2c[nH]c3cnc(N)cc23)cc(CN)c1N. The van der Waals surface area contributed by atoms with Crippen molar-refractivity contribution in [1.82, 2.24) is 15.3 Å². The Balaban J connectivity index is 1.64. The quantitative estimate of drug-likeness (QED) is 0.302. The van der Waals surface area contributed by atoms with Crippen LogP contribution in [0.3, 0.4) is 0 Å². The summed E-state index contributed by atoms with van der Waals surface area (Å²) in [7, 11) is 1.68. The molecule has 0 saturated heterocycles. The minimum absolute atomic E-state index is 0.366. The first kappa shape index (κ1) is 19.8. The van der Waals surface area contributed by atoms with Crippen LogP contribution in [-0.4, -0.2) is 17.1 Å². The number of benzene rings is 2. The third kappa shape index (κ3) is 3.80. The van der Waals surface area contributed by atoms with Crippen LogP contribution in [0.1, 0.15) is 16.7 Å². The van der Waals surface area contributed by atoms with Crippen molar-refractivity contribution in [3.63, 3.8) is 0 Å². The maximum absolute atomic E-state index is 6.41. The number of nitrogens with two attached hydrogens (primary N) is 3. The Bertz CT molecular complexity index is 1180. The van der Waals surface area contributed by atoms with Gasteiger partial charge >= 0.3 is 0 Å². The van der Waals surface area contributed by atoms with Gasteiger partial charge in [-0.25, -0.2) is 4.98 Å². The molecule has 0 saturated carbocycles. The number of hydrogen-bond acceptors (Lipinski definition) is 6. The maximum Gasteiger partial charge on any atom is 0.124 e. The highest BCUT2D eigenvalue weighted by Crippen LogP contribution is 2.33. The second kappa shape index (κ2) is 8.44. The number of aromatic amines is 1. The van der Waals surface area contributed by atoms with Crippen LogP contribution in [0.4, 0.5) is 11.5 Å². The monoisotopic (exact) mass is 402 g/mol. The number of methoxy groups -OCH3 is 1. The molecule has 4 rings (SSSR count). The minimum atomic E-state index is 0.366. The molecule has 0 atom stereocenters. The third-order valence-electron chi connectivity index (χ3n) is 5.29. The number of hydrogen-bond donors (Lipinski definition) is 5. The Morgan fingerprint density at radius 2 is 1.80 bits per heavy atom. The number of ether oxygens (including phenoxy) is 1. The topological polar surface area (TPSA) is 128 Å². The number of fused-ring (bicyclic) bond motifs is 1. The first-order chi connectivity index (χ1) is 14.6. The van der Waals surface area contributed by atoms with Crippen LogP contribution in [0, 0.1) is 0 Å². The van der Waals surface area contributed by atoms with E-state index in [0.717, 1.165) is 50.2 Å². The fourth-order valence-electron chi connectivity index (χ4n) is 3.71. The molecular formula is C23H26N6O. The Labute approximate surface area is 175 Å². The highest BCUT2D eigenvalue weighted by molar-refractivity contribution is 5.96. The van der Waals surface area contributed by atoms with Crippen molar-refractivity contribution in [2.75, 3.05) is 18.6 Å². The average Bonchev–Trinajstić information content (AvgIpc) is 3.18. The summed E-state index contributed by atoms with van der Waals surface area (Å²) >= 11 is 0. The molecule has 0 radical (unpaired) electrons. The fraction of sp³-hybridized carbons (Fsp3) is 0.174. The van der Waals surface area contributed by atoms with E-state index in [-0.39, 0.29) is 0 Å². The molecule has 0 aliphatic rings. The van der Waals surface area contributed by atoms with Crippen molar-refractivity contribution >= 4 is 22.4 Å². The van der Waals surface area contributed by atoms with E-state index in [0.29, 0.717) is 25.5 Å². The van der Waals surface area contributed by atoms with E-state index in [1.54, 1.807) is 13.3 Å². The van der Waals surface area contributed by atoms with Gasteiger partial charge in [-0.1, -0.05) is 18.2 Å². The number of nitrogens with one attached hydrogen (secondary N) is 2. The molecule has 154 valence electrons. The summed E-state index contributed by atoms with van der Waals surface area (Å²) in [5.74, 6) is 1.34. The molecule has 2 aromatic heterocycles. The van der Waals surface area contributed by atoms with Crippen molar-refractivity contribution in [3.8, 4) is 16.9 Å². The van der Waals surface area contributed by atoms with Gasteiger partial charge in [0.05, 0.1) is 18.8 Å². The fourth-order valence-corrected chi connectivity index (χ4v) is 3.71. The van der Waals surface area contributed by atoms with Gasteiger partial charge in [0.1, 0.15) is 11.6 Å². The van der Waals surface area contributed by atoms with Crippen molar-refractivity contribution in [2.45, 2.75) is 19.6 Å². The van der Waals surface area contributed by atoms with E-state index in [2.05, 4.69) is 21.4 Å². The molecule has 0 bridgehead atoms. The molecule has 0 unspecified atom stereocenters. The van der Waals surface area contributed by atoms with Gasteiger partial charge in [0.15, 0.2) is 0 Å². The molecule has 0 spiro atoms. The van der Waals surface area contributed by atoms with Gasteiger partial charge in [0.25, 0.3) is 0 Å². The number of rotatable bonds is 7. The maximum atomic E-state index is 6.41. The number of anilines is 2. The average molecular weight is 403 g/mol. The minimum Gasteiger partial charge on any atom is -0.496 e. The van der Waals surface area contributed by atoms with E-state index in [1.165, 1.54) is 0 Å². The number of H-pyrrole nitrogens is 1. The molecule has 8 N–H and O–H groups in total. The molecule has 0 fully saturated rings. The van der Waals surface area contributed by atoms with E-state index < -0.39 is 0 Å². The lowest BCUT2D eigenvalue weighted by atomic mass is 9.97. The molecule has 2 aromatic carbocycles. The smallest absolute Gasteiger partial charge is 0.124 e. The summed E-state index contributed by atoms with van der Waals surface area (Å²) in [5.41, 5.74) is 25.0. The third-order valence-corrected chi connectivity index (χ3v) is 5.29. The molecule has 7 heteroatoms. The zero-order valence-corrected chi connectivity index (χ0v) is 16.9. The molecule has 0 amide bonds. The van der Waals surface area contributed by atoms with Crippen LogP contribution < -0.4 is 27.3 Å². The lowest BCUT2D eigenvalue weighted by Crippen LogP contribution is -2.16. The standard InChI is InChI=1S/C23H26N6O/c1-30-21-5-3-2-4-14(21)10-27-11-17-7-15(6-16(9-24)23(17)26)19-12-28-20-13-29-22(25)8-18(19)20/h2-8,12-13,27-28H,9-11,24,26H2,1H3,(H2,25,29). The van der Waals surface area contributed by atoms with Crippen molar-refractivity contribution in [1.29, 1.82) is 0 Å². The Kier molecular flexibility index (Phi) is 5.56. The van der Waals surface area contributed by atoms with Crippen LogP contribution in [-0.2, 0) is 19.6 Å². The van der Waals surface area contributed by atoms with Gasteiger partial charge in [-0.15, -0.1) is 0 Å². The summed E-state index contributed by atoms with van der Waals surface area (Å²) in [6.07, 6.45) is 3.70. The van der Waals surface area contributed by atoms with Gasteiger partial charge in [-0.05, 0) is 41.0 Å². The number of aromatic nitrogens is 2. The normalized spacial score (nSPS) is 11.1. The second-order valence-electron chi connectivity index (χ2n) is 7.18. The van der Waals surface area contributed by atoms with Gasteiger partial charge in [-0.2, -0.15) is 0 Å². The second-order valence-corrected chi connectivity index (χ2v) is 7.18. The zero-order chi connectivity index (χ0) is 21.1.